The topological polar surface area (TPSA) is 77.2 Å². The minimum Gasteiger partial charge on any atom is -0.377 e. The average molecular weight is 400 g/mol. The number of carbonyl (C=O) groups excluding carboxylic acids is 1. The molecule has 146 valence electrons. The molecule has 1 aromatic heterocycles. The van der Waals surface area contributed by atoms with E-state index in [9.17, 15) is 4.79 Å². The minimum absolute atomic E-state index is 0.0543. The molecular formula is C21H22ClN3O3. The summed E-state index contributed by atoms with van der Waals surface area (Å²) >= 11 is 5.89. The molecule has 0 saturated carbocycles. The molecule has 28 heavy (non-hydrogen) atoms. The highest BCUT2D eigenvalue weighted by atomic mass is 35.5. The molecule has 1 amide bonds. The van der Waals surface area contributed by atoms with Gasteiger partial charge in [-0.2, -0.15) is 4.98 Å². The molecule has 6 nitrogen and oxygen atoms in total. The van der Waals surface area contributed by atoms with Crippen LogP contribution in [0.3, 0.4) is 0 Å². The van der Waals surface area contributed by atoms with Crippen molar-refractivity contribution in [3.63, 3.8) is 0 Å². The number of benzene rings is 2. The lowest BCUT2D eigenvalue weighted by atomic mass is 10.1. The summed E-state index contributed by atoms with van der Waals surface area (Å²) < 4.78 is 10.7. The zero-order valence-electron chi connectivity index (χ0n) is 15.7. The molecule has 0 spiro atoms. The van der Waals surface area contributed by atoms with Gasteiger partial charge in [-0.3, -0.25) is 4.79 Å². The van der Waals surface area contributed by atoms with Gasteiger partial charge in [-0.05, 0) is 43.7 Å². The van der Waals surface area contributed by atoms with E-state index in [-0.39, 0.29) is 5.91 Å². The number of amides is 1. The maximum absolute atomic E-state index is 12.3. The van der Waals surface area contributed by atoms with Crippen LogP contribution in [0.1, 0.15) is 31.2 Å². The van der Waals surface area contributed by atoms with Gasteiger partial charge in [-0.25, -0.2) is 0 Å². The third-order valence-corrected chi connectivity index (χ3v) is 4.37. The second-order valence-electron chi connectivity index (χ2n) is 6.21. The lowest BCUT2D eigenvalue weighted by Gasteiger charge is -2.10. The Bertz CT molecular complexity index is 909. The van der Waals surface area contributed by atoms with Crippen LogP contribution < -0.4 is 5.32 Å². The van der Waals surface area contributed by atoms with E-state index in [0.29, 0.717) is 49.2 Å². The van der Waals surface area contributed by atoms with Gasteiger partial charge >= 0.3 is 0 Å². The van der Waals surface area contributed by atoms with Gasteiger partial charge in [-0.15, -0.1) is 0 Å². The van der Waals surface area contributed by atoms with Crippen molar-refractivity contribution in [2.45, 2.75) is 32.8 Å². The maximum Gasteiger partial charge on any atom is 0.226 e. The highest BCUT2D eigenvalue weighted by Gasteiger charge is 2.11. The minimum atomic E-state index is -0.0543. The molecule has 1 N–H and O–H groups in total. The van der Waals surface area contributed by atoms with E-state index >= 15 is 0 Å². The van der Waals surface area contributed by atoms with E-state index in [2.05, 4.69) is 15.5 Å². The predicted molar refractivity (Wildman–Crippen MR) is 108 cm³/mol. The summed E-state index contributed by atoms with van der Waals surface area (Å²) in [6.07, 6.45) is 1.51. The van der Waals surface area contributed by atoms with Gasteiger partial charge in [0.25, 0.3) is 0 Å². The molecule has 0 aliphatic heterocycles. The lowest BCUT2D eigenvalue weighted by molar-refractivity contribution is -0.116. The fourth-order valence-corrected chi connectivity index (χ4v) is 2.79. The molecule has 3 aromatic rings. The second kappa shape index (κ2) is 10.0. The van der Waals surface area contributed by atoms with Gasteiger partial charge in [0.05, 0.1) is 6.61 Å². The van der Waals surface area contributed by atoms with E-state index in [0.717, 1.165) is 16.8 Å². The second-order valence-corrected chi connectivity index (χ2v) is 6.65. The Labute approximate surface area is 168 Å². The standard InChI is InChI=1S/C21H22ClN3O3/c1-2-27-14-16-6-3-4-7-18(16)23-19(26)8-5-9-20-24-21(25-28-20)15-10-12-17(22)13-11-15/h3-4,6-7,10-13H,2,5,8-9,14H2,1H3,(H,23,26). The first-order valence-corrected chi connectivity index (χ1v) is 9.57. The molecule has 0 saturated heterocycles. The smallest absolute Gasteiger partial charge is 0.226 e. The van der Waals surface area contributed by atoms with Gasteiger partial charge in [-0.1, -0.05) is 35.0 Å². The van der Waals surface area contributed by atoms with Gasteiger partial charge in [0.15, 0.2) is 0 Å². The summed E-state index contributed by atoms with van der Waals surface area (Å²) in [6.45, 7) is 3.05. The lowest BCUT2D eigenvalue weighted by Crippen LogP contribution is -2.13. The number of carbonyl (C=O) groups is 1. The van der Waals surface area contributed by atoms with Gasteiger partial charge in [0.1, 0.15) is 0 Å². The van der Waals surface area contributed by atoms with Crippen molar-refractivity contribution >= 4 is 23.2 Å². The number of nitrogens with zero attached hydrogens (tertiary/aromatic N) is 2. The van der Waals surface area contributed by atoms with Crippen LogP contribution in [-0.2, 0) is 22.6 Å². The predicted octanol–water partition coefficient (Wildman–Crippen LogP) is 4.89. The summed E-state index contributed by atoms with van der Waals surface area (Å²) in [6, 6.07) is 14.9. The van der Waals surface area contributed by atoms with Crippen molar-refractivity contribution in [2.24, 2.45) is 0 Å². The summed E-state index contributed by atoms with van der Waals surface area (Å²) in [5.74, 6) is 0.969. The fourth-order valence-electron chi connectivity index (χ4n) is 2.67. The van der Waals surface area contributed by atoms with Crippen LogP contribution in [0.4, 0.5) is 5.69 Å². The molecule has 2 aromatic carbocycles. The van der Waals surface area contributed by atoms with Gasteiger partial charge in [0, 0.05) is 41.3 Å². The summed E-state index contributed by atoms with van der Waals surface area (Å²) in [5, 5.41) is 7.58. The Kier molecular flexibility index (Phi) is 7.17. The number of para-hydroxylation sites is 1. The van der Waals surface area contributed by atoms with Crippen molar-refractivity contribution in [1.82, 2.24) is 10.1 Å². The number of hydrogen-bond donors (Lipinski definition) is 1. The van der Waals surface area contributed by atoms with Crippen molar-refractivity contribution in [2.75, 3.05) is 11.9 Å². The average Bonchev–Trinajstić information content (AvgIpc) is 3.17. The summed E-state index contributed by atoms with van der Waals surface area (Å²) in [4.78, 5) is 16.6. The molecule has 0 radical (unpaired) electrons. The van der Waals surface area contributed by atoms with Crippen LogP contribution in [0, 0.1) is 0 Å². The molecule has 0 unspecified atom stereocenters. The molecule has 0 aliphatic carbocycles. The van der Waals surface area contributed by atoms with E-state index in [4.69, 9.17) is 20.9 Å². The number of hydrogen-bond acceptors (Lipinski definition) is 5. The number of aromatic nitrogens is 2. The fraction of sp³-hybridized carbons (Fsp3) is 0.286. The molecule has 0 atom stereocenters. The number of anilines is 1. The number of ether oxygens (including phenoxy) is 1. The number of aryl methyl sites for hydroxylation is 1. The van der Waals surface area contributed by atoms with Crippen LogP contribution in [0.15, 0.2) is 53.1 Å². The monoisotopic (exact) mass is 399 g/mol. The number of halogens is 1. The Morgan fingerprint density at radius 3 is 2.75 bits per heavy atom. The van der Waals surface area contributed by atoms with Gasteiger partial charge in [0.2, 0.25) is 17.6 Å². The highest BCUT2D eigenvalue weighted by molar-refractivity contribution is 6.30. The molecule has 0 aliphatic rings. The molecule has 7 heteroatoms. The summed E-state index contributed by atoms with van der Waals surface area (Å²) in [7, 11) is 0. The van der Waals surface area contributed by atoms with Crippen LogP contribution in [0.2, 0.25) is 5.02 Å². The summed E-state index contributed by atoms with van der Waals surface area (Å²) in [5.41, 5.74) is 2.58. The Morgan fingerprint density at radius 2 is 1.96 bits per heavy atom. The van der Waals surface area contributed by atoms with Crippen LogP contribution >= 0.6 is 11.6 Å². The molecule has 1 heterocycles. The first kappa shape index (κ1) is 20.0. The van der Waals surface area contributed by atoms with Crippen molar-refractivity contribution in [3.05, 3.63) is 65.0 Å². The van der Waals surface area contributed by atoms with E-state index in [1.165, 1.54) is 0 Å². The highest BCUT2D eigenvalue weighted by Crippen LogP contribution is 2.20. The first-order valence-electron chi connectivity index (χ1n) is 9.19. The van der Waals surface area contributed by atoms with Crippen molar-refractivity contribution in [3.8, 4) is 11.4 Å². The van der Waals surface area contributed by atoms with Crippen molar-refractivity contribution in [1.29, 1.82) is 0 Å². The van der Waals surface area contributed by atoms with Crippen LogP contribution in [0.25, 0.3) is 11.4 Å². The Hall–Kier alpha value is -2.70. The normalized spacial score (nSPS) is 10.8. The molecule has 3 rings (SSSR count). The maximum atomic E-state index is 12.3. The molecule has 0 bridgehead atoms. The SMILES string of the molecule is CCOCc1ccccc1NC(=O)CCCc1nc(-c2ccc(Cl)cc2)no1. The van der Waals surface area contributed by atoms with E-state index in [1.54, 1.807) is 12.1 Å². The molecular weight excluding hydrogens is 378 g/mol. The zero-order valence-corrected chi connectivity index (χ0v) is 16.4. The van der Waals surface area contributed by atoms with Crippen LogP contribution in [0.5, 0.6) is 0 Å². The number of nitrogens with one attached hydrogen (secondary N) is 1. The zero-order chi connectivity index (χ0) is 19.8. The van der Waals surface area contributed by atoms with Crippen LogP contribution in [-0.4, -0.2) is 22.7 Å². The third kappa shape index (κ3) is 5.65. The Morgan fingerprint density at radius 1 is 1.18 bits per heavy atom. The Balaban J connectivity index is 1.49. The largest absolute Gasteiger partial charge is 0.377 e. The first-order chi connectivity index (χ1) is 13.7. The molecule has 0 fully saturated rings. The van der Waals surface area contributed by atoms with E-state index in [1.807, 2.05) is 43.3 Å². The van der Waals surface area contributed by atoms with Gasteiger partial charge < -0.3 is 14.6 Å². The number of rotatable bonds is 9. The third-order valence-electron chi connectivity index (χ3n) is 4.12. The quantitative estimate of drug-likeness (QED) is 0.554. The van der Waals surface area contributed by atoms with Crippen molar-refractivity contribution < 1.29 is 14.1 Å². The van der Waals surface area contributed by atoms with E-state index < -0.39 is 0 Å².